The van der Waals surface area contributed by atoms with Crippen LogP contribution in [0.5, 0.6) is 0 Å². The van der Waals surface area contributed by atoms with Crippen molar-refractivity contribution in [2.45, 2.75) is 38.8 Å². The van der Waals surface area contributed by atoms with E-state index in [1.54, 1.807) is 19.9 Å². The van der Waals surface area contributed by atoms with E-state index in [9.17, 15) is 24.1 Å². The molecule has 9 heteroatoms. The third-order valence-corrected chi connectivity index (χ3v) is 4.34. The Balaban J connectivity index is 2.29. The summed E-state index contributed by atoms with van der Waals surface area (Å²) in [5.41, 5.74) is -0.108. The third kappa shape index (κ3) is 6.25. The topological polar surface area (TPSA) is 98.5 Å². The number of nitro benzene ring substituents is 1. The van der Waals surface area contributed by atoms with Crippen LogP contribution in [0.25, 0.3) is 0 Å². The summed E-state index contributed by atoms with van der Waals surface area (Å²) in [6.45, 7) is 3.33. The number of amides is 1. The fraction of sp³-hybridized carbons (Fsp3) is 0.300. The van der Waals surface area contributed by atoms with Gasteiger partial charge < -0.3 is 10.1 Å². The number of carbonyl (C=O) groups excluding carboxylic acids is 2. The van der Waals surface area contributed by atoms with E-state index in [0.29, 0.717) is 0 Å². The molecule has 0 saturated heterocycles. The first-order chi connectivity index (χ1) is 13.7. The molecular weight excluding hydrogens is 403 g/mol. The largest absolute Gasteiger partial charge is 0.463 e. The highest BCUT2D eigenvalue weighted by Crippen LogP contribution is 2.28. The number of para-hydroxylation sites is 1. The predicted molar refractivity (Wildman–Crippen MR) is 105 cm³/mol. The van der Waals surface area contributed by atoms with Gasteiger partial charge in [-0.15, -0.1) is 0 Å². The van der Waals surface area contributed by atoms with Gasteiger partial charge in [-0.05, 0) is 26.0 Å². The summed E-state index contributed by atoms with van der Waals surface area (Å²) in [6, 6.07) is 8.77. The Morgan fingerprint density at radius 1 is 1.21 bits per heavy atom. The van der Waals surface area contributed by atoms with Gasteiger partial charge in [-0.1, -0.05) is 35.9 Å². The van der Waals surface area contributed by atoms with Crippen molar-refractivity contribution >= 4 is 29.2 Å². The number of hydrogen-bond donors (Lipinski definition) is 1. The van der Waals surface area contributed by atoms with E-state index in [1.165, 1.54) is 36.4 Å². The molecule has 1 amide bonds. The Hall–Kier alpha value is -3.00. The zero-order valence-electron chi connectivity index (χ0n) is 15.9. The maximum absolute atomic E-state index is 14.0. The van der Waals surface area contributed by atoms with Gasteiger partial charge in [-0.25, -0.2) is 4.39 Å². The second-order valence-corrected chi connectivity index (χ2v) is 6.96. The van der Waals surface area contributed by atoms with Crippen LogP contribution in [0.1, 0.15) is 37.4 Å². The van der Waals surface area contributed by atoms with Gasteiger partial charge in [0.15, 0.2) is 0 Å². The number of ether oxygens (including phenoxy) is 1. The summed E-state index contributed by atoms with van der Waals surface area (Å²) in [4.78, 5) is 35.4. The highest BCUT2D eigenvalue weighted by Gasteiger charge is 2.27. The molecule has 2 aromatic rings. The molecule has 1 unspecified atom stereocenters. The molecule has 1 N–H and O–H groups in total. The zero-order chi connectivity index (χ0) is 21.6. The number of hydrogen-bond acceptors (Lipinski definition) is 5. The second kappa shape index (κ2) is 9.97. The molecule has 1 atom stereocenters. The predicted octanol–water partition coefficient (Wildman–Crippen LogP) is 4.13. The molecule has 0 heterocycles. The molecule has 0 aromatic heterocycles. The summed E-state index contributed by atoms with van der Waals surface area (Å²) in [6.07, 6.45) is -1.09. The lowest BCUT2D eigenvalue weighted by molar-refractivity contribution is -0.385. The average Bonchev–Trinajstić information content (AvgIpc) is 2.63. The lowest BCUT2D eigenvalue weighted by Gasteiger charge is -2.19. The number of nitrogens with zero attached hydrogens (tertiary/aromatic N) is 1. The maximum atomic E-state index is 14.0. The van der Waals surface area contributed by atoms with Crippen molar-refractivity contribution in [3.63, 3.8) is 0 Å². The van der Waals surface area contributed by atoms with Crippen LogP contribution in [0.2, 0.25) is 5.02 Å². The maximum Gasteiger partial charge on any atom is 0.308 e. The van der Waals surface area contributed by atoms with Crippen LogP contribution >= 0.6 is 11.6 Å². The van der Waals surface area contributed by atoms with Crippen LogP contribution < -0.4 is 5.32 Å². The van der Waals surface area contributed by atoms with Crippen LogP contribution in [0.4, 0.5) is 10.1 Å². The number of carbonyl (C=O) groups is 2. The monoisotopic (exact) mass is 422 g/mol. The molecule has 0 fully saturated rings. The Bertz CT molecular complexity index is 899. The van der Waals surface area contributed by atoms with Crippen LogP contribution in [0.3, 0.4) is 0 Å². The van der Waals surface area contributed by atoms with E-state index in [-0.39, 0.29) is 40.8 Å². The first-order valence-corrected chi connectivity index (χ1v) is 9.22. The van der Waals surface area contributed by atoms with Crippen molar-refractivity contribution < 1.29 is 23.6 Å². The van der Waals surface area contributed by atoms with Gasteiger partial charge >= 0.3 is 5.97 Å². The van der Waals surface area contributed by atoms with Crippen molar-refractivity contribution in [1.29, 1.82) is 0 Å². The molecule has 154 valence electrons. The van der Waals surface area contributed by atoms with Crippen LogP contribution in [-0.2, 0) is 20.7 Å². The highest BCUT2D eigenvalue weighted by molar-refractivity contribution is 6.31. The van der Waals surface area contributed by atoms with Crippen LogP contribution in [0.15, 0.2) is 42.5 Å². The third-order valence-electron chi connectivity index (χ3n) is 3.98. The lowest BCUT2D eigenvalue weighted by atomic mass is 10.0. The number of nitrogens with one attached hydrogen (secondary N) is 1. The molecule has 29 heavy (non-hydrogen) atoms. The normalized spacial score (nSPS) is 11.8. The van der Waals surface area contributed by atoms with Crippen LogP contribution in [0, 0.1) is 15.9 Å². The van der Waals surface area contributed by atoms with E-state index in [0.717, 1.165) is 0 Å². The minimum Gasteiger partial charge on any atom is -0.463 e. The summed E-state index contributed by atoms with van der Waals surface area (Å²) in [5.74, 6) is -1.92. The zero-order valence-corrected chi connectivity index (χ0v) is 16.6. The average molecular weight is 423 g/mol. The molecule has 7 nitrogen and oxygen atoms in total. The number of halogens is 2. The Labute approximate surface area is 172 Å². The summed E-state index contributed by atoms with van der Waals surface area (Å²) < 4.78 is 19.1. The minimum absolute atomic E-state index is 0.00210. The lowest BCUT2D eigenvalue weighted by Crippen LogP contribution is -2.32. The Kier molecular flexibility index (Phi) is 7.67. The van der Waals surface area contributed by atoms with Crippen LogP contribution in [-0.4, -0.2) is 22.9 Å². The summed E-state index contributed by atoms with van der Waals surface area (Å²) in [5, 5.41) is 14.0. The van der Waals surface area contributed by atoms with Gasteiger partial charge in [0, 0.05) is 16.7 Å². The smallest absolute Gasteiger partial charge is 0.308 e. The van der Waals surface area contributed by atoms with Gasteiger partial charge in [0.1, 0.15) is 5.82 Å². The molecule has 2 rings (SSSR count). The Morgan fingerprint density at radius 2 is 1.90 bits per heavy atom. The van der Waals surface area contributed by atoms with E-state index in [1.807, 2.05) is 0 Å². The van der Waals surface area contributed by atoms with Crippen molar-refractivity contribution in [1.82, 2.24) is 5.32 Å². The van der Waals surface area contributed by atoms with Gasteiger partial charge in [-0.3, -0.25) is 19.7 Å². The van der Waals surface area contributed by atoms with Crippen molar-refractivity contribution in [3.8, 4) is 0 Å². The number of nitro groups is 1. The second-order valence-electron chi connectivity index (χ2n) is 6.56. The molecule has 0 aliphatic heterocycles. The first-order valence-electron chi connectivity index (χ1n) is 8.84. The minimum atomic E-state index is -1.03. The summed E-state index contributed by atoms with van der Waals surface area (Å²) in [7, 11) is 0. The van der Waals surface area contributed by atoms with Crippen molar-refractivity contribution in [2.75, 3.05) is 0 Å². The first kappa shape index (κ1) is 22.3. The Morgan fingerprint density at radius 3 is 2.52 bits per heavy atom. The standard InChI is InChI=1S/C20H20ClFN2O5/c1-12(2)29-20(26)11-17(13-6-3-4-9-18(13)24(27)28)23-19(25)10-14-15(21)7-5-8-16(14)22/h3-9,12,17H,10-11H2,1-2H3,(H,23,25). The van der Waals surface area contributed by atoms with Gasteiger partial charge in [0.25, 0.3) is 5.69 Å². The van der Waals surface area contributed by atoms with E-state index in [2.05, 4.69) is 5.32 Å². The fourth-order valence-electron chi connectivity index (χ4n) is 2.77. The van der Waals surface area contributed by atoms with E-state index in [4.69, 9.17) is 16.3 Å². The SMILES string of the molecule is CC(C)OC(=O)CC(NC(=O)Cc1c(F)cccc1Cl)c1ccccc1[N+](=O)[O-]. The number of benzene rings is 2. The number of rotatable bonds is 8. The van der Waals surface area contributed by atoms with Crippen molar-refractivity contribution in [2.24, 2.45) is 0 Å². The fourth-order valence-corrected chi connectivity index (χ4v) is 3.00. The molecule has 0 aliphatic carbocycles. The highest BCUT2D eigenvalue weighted by atomic mass is 35.5. The molecule has 0 bridgehead atoms. The van der Waals surface area contributed by atoms with E-state index < -0.39 is 28.7 Å². The molecule has 0 aliphatic rings. The van der Waals surface area contributed by atoms with Gasteiger partial charge in [0.2, 0.25) is 5.91 Å². The molecule has 2 aromatic carbocycles. The van der Waals surface area contributed by atoms with Gasteiger partial charge in [0.05, 0.1) is 35.5 Å². The van der Waals surface area contributed by atoms with E-state index >= 15 is 0 Å². The van der Waals surface area contributed by atoms with Gasteiger partial charge in [-0.2, -0.15) is 0 Å². The molecular formula is C20H20ClFN2O5. The summed E-state index contributed by atoms with van der Waals surface area (Å²) >= 11 is 5.95. The molecule has 0 spiro atoms. The molecule has 0 saturated carbocycles. The molecule has 0 radical (unpaired) electrons. The van der Waals surface area contributed by atoms with Crippen molar-refractivity contribution in [3.05, 3.63) is 74.5 Å². The number of esters is 1. The quantitative estimate of drug-likeness (QED) is 0.392.